The second-order valence-electron chi connectivity index (χ2n) is 2.50. The van der Waals surface area contributed by atoms with Crippen molar-refractivity contribution < 1.29 is 9.59 Å². The Morgan fingerprint density at radius 3 is 1.46 bits per heavy atom. The molecule has 0 atom stereocenters. The lowest BCUT2D eigenvalue weighted by Gasteiger charge is -1.89. The highest BCUT2D eigenvalue weighted by Gasteiger charge is 2.19. The monoisotopic (exact) mass is 324 g/mol. The van der Waals surface area contributed by atoms with E-state index in [0.717, 1.165) is 0 Å². The van der Waals surface area contributed by atoms with Crippen LogP contribution in [0.2, 0.25) is 0 Å². The van der Waals surface area contributed by atoms with Crippen LogP contribution in [0.4, 0.5) is 0 Å². The molecular formula is C8H6Br2O2S. The fourth-order valence-corrected chi connectivity index (χ4v) is 3.42. The van der Waals surface area contributed by atoms with Gasteiger partial charge in [0.15, 0.2) is 11.6 Å². The molecule has 1 rings (SSSR count). The molecule has 1 aromatic heterocycles. The molecule has 1 heterocycles. The fourth-order valence-electron chi connectivity index (χ4n) is 0.844. The van der Waals surface area contributed by atoms with Crippen LogP contribution in [0.15, 0.2) is 8.95 Å². The van der Waals surface area contributed by atoms with Gasteiger partial charge < -0.3 is 0 Å². The third-order valence-electron chi connectivity index (χ3n) is 1.44. The van der Waals surface area contributed by atoms with E-state index in [9.17, 15) is 9.59 Å². The van der Waals surface area contributed by atoms with Gasteiger partial charge in [-0.25, -0.2) is 0 Å². The van der Waals surface area contributed by atoms with E-state index in [-0.39, 0.29) is 11.6 Å². The average molecular weight is 326 g/mol. The molecule has 0 aliphatic rings. The normalized spacial score (nSPS) is 10.2. The summed E-state index contributed by atoms with van der Waals surface area (Å²) in [5.41, 5.74) is 0. The zero-order valence-corrected chi connectivity index (χ0v) is 11.0. The number of carbonyl (C=O) groups excluding carboxylic acids is 2. The summed E-state index contributed by atoms with van der Waals surface area (Å²) in [6.07, 6.45) is 0. The minimum atomic E-state index is -0.0370. The van der Waals surface area contributed by atoms with E-state index in [1.165, 1.54) is 25.2 Å². The molecule has 0 N–H and O–H groups in total. The van der Waals surface area contributed by atoms with Crippen molar-refractivity contribution in [2.45, 2.75) is 13.8 Å². The molecule has 0 aliphatic heterocycles. The van der Waals surface area contributed by atoms with Gasteiger partial charge in [-0.3, -0.25) is 9.59 Å². The van der Waals surface area contributed by atoms with E-state index in [4.69, 9.17) is 0 Å². The molecule has 0 fully saturated rings. The lowest BCUT2D eigenvalue weighted by molar-refractivity contribution is 0.101. The van der Waals surface area contributed by atoms with Crippen LogP contribution in [-0.4, -0.2) is 11.6 Å². The van der Waals surface area contributed by atoms with Gasteiger partial charge in [0.1, 0.15) is 0 Å². The molecule has 0 spiro atoms. The Hall–Kier alpha value is 0. The first kappa shape index (κ1) is 11.1. The maximum absolute atomic E-state index is 11.1. The zero-order valence-electron chi connectivity index (χ0n) is 6.98. The highest BCUT2D eigenvalue weighted by atomic mass is 79.9. The molecule has 0 aromatic carbocycles. The van der Waals surface area contributed by atoms with Crippen LogP contribution in [0, 0.1) is 0 Å². The van der Waals surface area contributed by atoms with Gasteiger partial charge in [-0.15, -0.1) is 11.3 Å². The molecule has 13 heavy (non-hydrogen) atoms. The van der Waals surface area contributed by atoms with Crippen molar-refractivity contribution in [1.82, 2.24) is 0 Å². The third-order valence-corrected chi connectivity index (χ3v) is 5.47. The van der Waals surface area contributed by atoms with Crippen molar-refractivity contribution in [3.8, 4) is 0 Å². The predicted molar refractivity (Wildman–Crippen MR) is 59.7 cm³/mol. The molecule has 0 unspecified atom stereocenters. The van der Waals surface area contributed by atoms with Crippen molar-refractivity contribution in [3.63, 3.8) is 0 Å². The predicted octanol–water partition coefficient (Wildman–Crippen LogP) is 3.68. The smallest absolute Gasteiger partial charge is 0.170 e. The number of halogens is 2. The molecule has 0 radical (unpaired) electrons. The van der Waals surface area contributed by atoms with Gasteiger partial charge in [0.05, 0.1) is 18.7 Å². The number of Topliss-reactive ketones (excluding diaryl/α,β-unsaturated/α-hetero) is 2. The first-order chi connectivity index (χ1) is 5.95. The van der Waals surface area contributed by atoms with Gasteiger partial charge in [-0.05, 0) is 45.7 Å². The molecule has 0 aliphatic carbocycles. The summed E-state index contributed by atoms with van der Waals surface area (Å²) in [5.74, 6) is -0.0739. The first-order valence-electron chi connectivity index (χ1n) is 3.44. The molecule has 2 nitrogen and oxygen atoms in total. The Bertz CT molecular complexity index is 347. The lowest BCUT2D eigenvalue weighted by Crippen LogP contribution is -1.86. The number of hydrogen-bond acceptors (Lipinski definition) is 3. The van der Waals surface area contributed by atoms with Crippen LogP contribution in [0.3, 0.4) is 0 Å². The maximum atomic E-state index is 11.1. The second kappa shape index (κ2) is 4.02. The molecular weight excluding hydrogens is 320 g/mol. The summed E-state index contributed by atoms with van der Waals surface area (Å²) < 4.78 is 1.35. The highest BCUT2D eigenvalue weighted by molar-refractivity contribution is 9.13. The van der Waals surface area contributed by atoms with Crippen LogP contribution >= 0.6 is 43.2 Å². The average Bonchev–Trinajstić information content (AvgIpc) is 2.29. The number of carbonyl (C=O) groups is 2. The van der Waals surface area contributed by atoms with E-state index in [1.807, 2.05) is 0 Å². The van der Waals surface area contributed by atoms with Crippen LogP contribution in [0.25, 0.3) is 0 Å². The largest absolute Gasteiger partial charge is 0.294 e. The van der Waals surface area contributed by atoms with Gasteiger partial charge in [-0.2, -0.15) is 0 Å². The number of thiophene rings is 1. The molecule has 1 aromatic rings. The highest BCUT2D eigenvalue weighted by Crippen LogP contribution is 2.37. The number of hydrogen-bond donors (Lipinski definition) is 0. The Morgan fingerprint density at radius 2 is 1.31 bits per heavy atom. The minimum Gasteiger partial charge on any atom is -0.294 e. The van der Waals surface area contributed by atoms with Crippen molar-refractivity contribution in [2.75, 3.05) is 0 Å². The standard InChI is InChI=1S/C8H6Br2O2S/c1-3(11)7-5(9)6(10)8(13-7)4(2)12/h1-2H3. The van der Waals surface area contributed by atoms with Crippen molar-refractivity contribution in [1.29, 1.82) is 0 Å². The van der Waals surface area contributed by atoms with Crippen LogP contribution in [0.5, 0.6) is 0 Å². The zero-order chi connectivity index (χ0) is 10.2. The summed E-state index contributed by atoms with van der Waals surface area (Å²) in [7, 11) is 0. The third kappa shape index (κ3) is 2.08. The first-order valence-corrected chi connectivity index (χ1v) is 5.85. The SMILES string of the molecule is CC(=O)c1sc(C(C)=O)c(Br)c1Br. The maximum Gasteiger partial charge on any atom is 0.170 e. The summed E-state index contributed by atoms with van der Waals surface area (Å²) >= 11 is 7.73. The van der Waals surface area contributed by atoms with E-state index in [2.05, 4.69) is 31.9 Å². The van der Waals surface area contributed by atoms with Crippen LogP contribution < -0.4 is 0 Å². The summed E-state index contributed by atoms with van der Waals surface area (Å²) in [6.45, 7) is 2.96. The number of rotatable bonds is 2. The Balaban J connectivity index is 3.36. The van der Waals surface area contributed by atoms with Gasteiger partial charge in [0.25, 0.3) is 0 Å². The Labute approximate surface area is 96.6 Å². The van der Waals surface area contributed by atoms with Crippen LogP contribution in [0.1, 0.15) is 33.2 Å². The molecule has 0 saturated carbocycles. The van der Waals surface area contributed by atoms with Gasteiger partial charge >= 0.3 is 0 Å². The minimum absolute atomic E-state index is 0.0370. The van der Waals surface area contributed by atoms with Gasteiger partial charge in [0, 0.05) is 0 Å². The quantitative estimate of drug-likeness (QED) is 0.777. The van der Waals surface area contributed by atoms with E-state index in [0.29, 0.717) is 18.7 Å². The van der Waals surface area contributed by atoms with Crippen molar-refractivity contribution in [3.05, 3.63) is 18.7 Å². The second-order valence-corrected chi connectivity index (χ2v) is 5.11. The van der Waals surface area contributed by atoms with E-state index >= 15 is 0 Å². The van der Waals surface area contributed by atoms with Crippen molar-refractivity contribution >= 4 is 54.8 Å². The Kier molecular flexibility index (Phi) is 3.43. The van der Waals surface area contributed by atoms with Gasteiger partial charge in [-0.1, -0.05) is 0 Å². The lowest BCUT2D eigenvalue weighted by atomic mass is 10.3. The summed E-state index contributed by atoms with van der Waals surface area (Å²) in [4.78, 5) is 23.4. The van der Waals surface area contributed by atoms with E-state index < -0.39 is 0 Å². The fraction of sp³-hybridized carbons (Fsp3) is 0.250. The Morgan fingerprint density at radius 1 is 1.00 bits per heavy atom. The molecule has 0 saturated heterocycles. The van der Waals surface area contributed by atoms with Crippen LogP contribution in [-0.2, 0) is 0 Å². The van der Waals surface area contributed by atoms with Crippen molar-refractivity contribution in [2.24, 2.45) is 0 Å². The summed E-state index contributed by atoms with van der Waals surface area (Å²) in [6, 6.07) is 0. The molecule has 0 amide bonds. The van der Waals surface area contributed by atoms with Gasteiger partial charge in [0.2, 0.25) is 0 Å². The molecule has 70 valence electrons. The van der Waals surface area contributed by atoms with E-state index in [1.54, 1.807) is 0 Å². The topological polar surface area (TPSA) is 34.1 Å². The summed E-state index contributed by atoms with van der Waals surface area (Å²) in [5, 5.41) is 0. The number of ketones is 2. The molecule has 5 heteroatoms. The molecule has 0 bridgehead atoms.